The second-order valence-corrected chi connectivity index (χ2v) is 6.55. The van der Waals surface area contributed by atoms with E-state index in [1.807, 2.05) is 35.8 Å². The Bertz CT molecular complexity index is 556. The summed E-state index contributed by atoms with van der Waals surface area (Å²) in [6, 6.07) is 9.63. The molecule has 1 atom stereocenters. The lowest BCUT2D eigenvalue weighted by Gasteiger charge is -2.35. The van der Waals surface area contributed by atoms with Gasteiger partial charge in [-0.3, -0.25) is 9.80 Å². The van der Waals surface area contributed by atoms with Crippen LogP contribution in [0.5, 0.6) is 5.75 Å². The Labute approximate surface area is 141 Å². The van der Waals surface area contributed by atoms with Crippen LogP contribution in [0.15, 0.2) is 41.2 Å². The van der Waals surface area contributed by atoms with Crippen LogP contribution in [-0.4, -0.2) is 65.3 Å². The molecule has 2 heterocycles. The van der Waals surface area contributed by atoms with E-state index in [0.717, 1.165) is 44.2 Å². The molecule has 3 rings (SSSR count). The molecule has 1 unspecified atom stereocenters. The van der Waals surface area contributed by atoms with Gasteiger partial charge in [0, 0.05) is 44.6 Å². The summed E-state index contributed by atoms with van der Waals surface area (Å²) < 4.78 is 5.61. The highest BCUT2D eigenvalue weighted by Gasteiger charge is 2.19. The third-order valence-electron chi connectivity index (χ3n) is 3.99. The molecule has 1 aromatic heterocycles. The van der Waals surface area contributed by atoms with E-state index in [9.17, 15) is 5.11 Å². The van der Waals surface area contributed by atoms with Crippen molar-refractivity contribution in [3.8, 4) is 5.75 Å². The average molecular weight is 333 g/mol. The Morgan fingerprint density at radius 1 is 1.13 bits per heavy atom. The summed E-state index contributed by atoms with van der Waals surface area (Å²) in [4.78, 5) is 9.05. The molecule has 0 spiro atoms. The fraction of sp³-hybridized carbons (Fsp3) is 0.471. The Hall–Kier alpha value is -1.47. The number of aliphatic hydroxyl groups is 1. The second-order valence-electron chi connectivity index (χ2n) is 5.83. The number of nitrogens with zero attached hydrogens (tertiary/aromatic N) is 3. The third-order valence-corrected chi connectivity index (χ3v) is 4.62. The van der Waals surface area contributed by atoms with Gasteiger partial charge in [-0.25, -0.2) is 4.98 Å². The van der Waals surface area contributed by atoms with Crippen LogP contribution in [0.2, 0.25) is 0 Å². The zero-order chi connectivity index (χ0) is 15.9. The molecule has 5 nitrogen and oxygen atoms in total. The minimum absolute atomic E-state index is 0.336. The molecule has 0 amide bonds. The molecule has 1 N–H and O–H groups in total. The largest absolute Gasteiger partial charge is 0.491 e. The highest BCUT2D eigenvalue weighted by atomic mass is 32.1. The van der Waals surface area contributed by atoms with Gasteiger partial charge in [0.2, 0.25) is 0 Å². The van der Waals surface area contributed by atoms with Crippen molar-refractivity contribution >= 4 is 11.3 Å². The van der Waals surface area contributed by atoms with E-state index in [1.54, 1.807) is 11.3 Å². The number of thiazole rings is 1. The van der Waals surface area contributed by atoms with Crippen molar-refractivity contribution in [2.45, 2.75) is 12.6 Å². The molecule has 2 aromatic rings. The fourth-order valence-electron chi connectivity index (χ4n) is 2.73. The van der Waals surface area contributed by atoms with Crippen molar-refractivity contribution in [2.75, 3.05) is 39.3 Å². The average Bonchev–Trinajstić information content (AvgIpc) is 3.09. The lowest BCUT2D eigenvalue weighted by atomic mass is 10.2. The minimum atomic E-state index is -0.458. The maximum atomic E-state index is 10.1. The van der Waals surface area contributed by atoms with Gasteiger partial charge in [-0.2, -0.15) is 0 Å². The summed E-state index contributed by atoms with van der Waals surface area (Å²) in [5.74, 6) is 0.805. The van der Waals surface area contributed by atoms with Crippen LogP contribution in [0.25, 0.3) is 0 Å². The molecule has 1 aromatic carbocycles. The van der Waals surface area contributed by atoms with Crippen molar-refractivity contribution in [1.82, 2.24) is 14.8 Å². The van der Waals surface area contributed by atoms with E-state index in [4.69, 9.17) is 4.74 Å². The van der Waals surface area contributed by atoms with Gasteiger partial charge in [-0.15, -0.1) is 11.3 Å². The summed E-state index contributed by atoms with van der Waals surface area (Å²) in [7, 11) is 0. The zero-order valence-corrected chi connectivity index (χ0v) is 14.0. The van der Waals surface area contributed by atoms with Gasteiger partial charge < -0.3 is 9.84 Å². The number of para-hydroxylation sites is 1. The Morgan fingerprint density at radius 2 is 1.87 bits per heavy atom. The van der Waals surface area contributed by atoms with Crippen LogP contribution in [-0.2, 0) is 6.54 Å². The molecule has 0 saturated carbocycles. The van der Waals surface area contributed by atoms with Crippen molar-refractivity contribution in [3.63, 3.8) is 0 Å². The monoisotopic (exact) mass is 333 g/mol. The molecule has 1 aliphatic rings. The lowest BCUT2D eigenvalue weighted by Crippen LogP contribution is -2.48. The number of aromatic nitrogens is 1. The molecule has 23 heavy (non-hydrogen) atoms. The third kappa shape index (κ3) is 5.28. The Kier molecular flexibility index (Phi) is 5.99. The van der Waals surface area contributed by atoms with E-state index in [-0.39, 0.29) is 0 Å². The first-order valence-corrected chi connectivity index (χ1v) is 8.91. The summed E-state index contributed by atoms with van der Waals surface area (Å²) >= 11 is 1.65. The molecule has 0 bridgehead atoms. The second kappa shape index (κ2) is 8.40. The quantitative estimate of drug-likeness (QED) is 0.836. The number of piperazine rings is 1. The number of ether oxygens (including phenoxy) is 1. The van der Waals surface area contributed by atoms with E-state index < -0.39 is 6.10 Å². The number of aliphatic hydroxyl groups excluding tert-OH is 1. The van der Waals surface area contributed by atoms with E-state index >= 15 is 0 Å². The highest BCUT2D eigenvalue weighted by molar-refractivity contribution is 7.07. The number of hydrogen-bond donors (Lipinski definition) is 1. The van der Waals surface area contributed by atoms with Gasteiger partial charge in [0.15, 0.2) is 0 Å². The zero-order valence-electron chi connectivity index (χ0n) is 13.2. The highest BCUT2D eigenvalue weighted by Crippen LogP contribution is 2.11. The predicted molar refractivity (Wildman–Crippen MR) is 91.8 cm³/mol. The smallest absolute Gasteiger partial charge is 0.119 e. The van der Waals surface area contributed by atoms with Gasteiger partial charge >= 0.3 is 0 Å². The Morgan fingerprint density at radius 3 is 2.57 bits per heavy atom. The van der Waals surface area contributed by atoms with Crippen LogP contribution in [0.3, 0.4) is 0 Å². The fourth-order valence-corrected chi connectivity index (χ4v) is 3.28. The first-order chi connectivity index (χ1) is 11.3. The van der Waals surface area contributed by atoms with Crippen LogP contribution in [0.4, 0.5) is 0 Å². The maximum Gasteiger partial charge on any atom is 0.119 e. The van der Waals surface area contributed by atoms with Crippen molar-refractivity contribution in [3.05, 3.63) is 46.9 Å². The van der Waals surface area contributed by atoms with Crippen molar-refractivity contribution in [2.24, 2.45) is 0 Å². The van der Waals surface area contributed by atoms with Gasteiger partial charge in [0.25, 0.3) is 0 Å². The minimum Gasteiger partial charge on any atom is -0.491 e. The predicted octanol–water partition coefficient (Wildman–Crippen LogP) is 1.70. The summed E-state index contributed by atoms with van der Waals surface area (Å²) in [6.45, 7) is 5.92. The van der Waals surface area contributed by atoms with Crippen LogP contribution in [0.1, 0.15) is 5.69 Å². The van der Waals surface area contributed by atoms with Gasteiger partial charge in [0.05, 0.1) is 11.2 Å². The van der Waals surface area contributed by atoms with Gasteiger partial charge in [-0.05, 0) is 12.1 Å². The molecule has 1 fully saturated rings. The van der Waals surface area contributed by atoms with E-state index in [1.165, 1.54) is 0 Å². The first-order valence-electron chi connectivity index (χ1n) is 7.97. The van der Waals surface area contributed by atoms with Crippen molar-refractivity contribution in [1.29, 1.82) is 0 Å². The lowest BCUT2D eigenvalue weighted by molar-refractivity contribution is 0.0444. The van der Waals surface area contributed by atoms with E-state index in [2.05, 4.69) is 20.2 Å². The first kappa shape index (κ1) is 16.4. The Balaban J connectivity index is 1.35. The SMILES string of the molecule is OC(COc1ccccc1)CN1CCN(Cc2cscn2)CC1. The molecular formula is C17H23N3O2S. The topological polar surface area (TPSA) is 48.8 Å². The normalized spacial score (nSPS) is 18.0. The number of hydrogen-bond acceptors (Lipinski definition) is 6. The summed E-state index contributed by atoms with van der Waals surface area (Å²) in [5.41, 5.74) is 3.04. The van der Waals surface area contributed by atoms with Crippen molar-refractivity contribution < 1.29 is 9.84 Å². The number of β-amino-alcohol motifs (C(OH)–C–C–N with tert-alkyl or cyclic N) is 1. The van der Waals surface area contributed by atoms with Crippen LogP contribution in [0, 0.1) is 0 Å². The molecule has 1 aliphatic heterocycles. The standard InChI is InChI=1S/C17H23N3O2S/c21-16(12-22-17-4-2-1-3-5-17)11-20-8-6-19(7-9-20)10-15-13-23-14-18-15/h1-5,13-14,16,21H,6-12H2. The molecule has 0 radical (unpaired) electrons. The van der Waals surface area contributed by atoms with Crippen LogP contribution < -0.4 is 4.74 Å². The molecule has 6 heteroatoms. The van der Waals surface area contributed by atoms with Crippen LogP contribution >= 0.6 is 11.3 Å². The molecule has 124 valence electrons. The summed E-state index contributed by atoms with van der Waals surface area (Å²) in [6.07, 6.45) is -0.458. The number of rotatable bonds is 7. The molecule has 1 saturated heterocycles. The van der Waals surface area contributed by atoms with Gasteiger partial charge in [0.1, 0.15) is 18.5 Å². The molecule has 0 aliphatic carbocycles. The number of benzene rings is 1. The van der Waals surface area contributed by atoms with E-state index in [0.29, 0.717) is 13.2 Å². The summed E-state index contributed by atoms with van der Waals surface area (Å²) in [5, 5.41) is 12.3. The maximum absolute atomic E-state index is 10.1. The van der Waals surface area contributed by atoms with Gasteiger partial charge in [-0.1, -0.05) is 18.2 Å². The molecular weight excluding hydrogens is 310 g/mol.